The van der Waals surface area contributed by atoms with Crippen molar-refractivity contribution in [1.82, 2.24) is 19.9 Å². The standard InChI is InChI=1S/C17H22N4O3S/c1-3-4-13-16(25-21-20-13)17(22)19-14-10-23-8-7-15(14)24-12-6-5-11(2)18-9-12/h5-6,9,14-15H,3-4,7-8,10H2,1-2H3,(H,19,22)/t14-,15+/m1/s1. The number of aryl methyl sites for hydroxylation is 2. The van der Waals surface area contributed by atoms with E-state index >= 15 is 0 Å². The van der Waals surface area contributed by atoms with Crippen molar-refractivity contribution in [2.24, 2.45) is 0 Å². The smallest absolute Gasteiger partial charge is 0.265 e. The predicted molar refractivity (Wildman–Crippen MR) is 94.0 cm³/mol. The van der Waals surface area contributed by atoms with Gasteiger partial charge in [0.1, 0.15) is 16.7 Å². The largest absolute Gasteiger partial charge is 0.486 e. The highest BCUT2D eigenvalue weighted by Gasteiger charge is 2.30. The van der Waals surface area contributed by atoms with Gasteiger partial charge in [-0.3, -0.25) is 9.78 Å². The molecule has 0 aromatic carbocycles. The number of nitrogens with zero attached hydrogens (tertiary/aromatic N) is 3. The maximum absolute atomic E-state index is 12.6. The number of hydrogen-bond acceptors (Lipinski definition) is 7. The van der Waals surface area contributed by atoms with Crippen LogP contribution < -0.4 is 10.1 Å². The lowest BCUT2D eigenvalue weighted by Crippen LogP contribution is -2.51. The molecule has 0 bridgehead atoms. The first-order valence-electron chi connectivity index (χ1n) is 8.46. The molecule has 0 spiro atoms. The highest BCUT2D eigenvalue weighted by atomic mass is 32.1. The molecule has 3 heterocycles. The zero-order chi connectivity index (χ0) is 17.6. The monoisotopic (exact) mass is 362 g/mol. The van der Waals surface area contributed by atoms with Crippen LogP contribution in [0.4, 0.5) is 0 Å². The van der Waals surface area contributed by atoms with E-state index < -0.39 is 0 Å². The third-order valence-corrected chi connectivity index (χ3v) is 4.80. The van der Waals surface area contributed by atoms with Gasteiger partial charge in [-0.25, -0.2) is 0 Å². The molecular weight excluding hydrogens is 340 g/mol. The molecule has 134 valence electrons. The summed E-state index contributed by atoms with van der Waals surface area (Å²) in [5.41, 5.74) is 1.69. The minimum absolute atomic E-state index is 0.155. The van der Waals surface area contributed by atoms with Crippen LogP contribution in [0.3, 0.4) is 0 Å². The molecule has 0 aliphatic carbocycles. The van der Waals surface area contributed by atoms with Gasteiger partial charge in [-0.2, -0.15) is 0 Å². The molecule has 1 N–H and O–H groups in total. The summed E-state index contributed by atoms with van der Waals surface area (Å²) in [6.45, 7) is 5.01. The van der Waals surface area contributed by atoms with Gasteiger partial charge in [0.05, 0.1) is 31.1 Å². The van der Waals surface area contributed by atoms with Crippen LogP contribution in [0.5, 0.6) is 5.75 Å². The Morgan fingerprint density at radius 1 is 1.48 bits per heavy atom. The molecule has 7 nitrogen and oxygen atoms in total. The lowest BCUT2D eigenvalue weighted by atomic mass is 10.1. The van der Waals surface area contributed by atoms with Crippen molar-refractivity contribution in [3.63, 3.8) is 0 Å². The SMILES string of the molecule is CCCc1nnsc1C(=O)N[C@@H]1COCC[C@@H]1Oc1ccc(C)nc1. The van der Waals surface area contributed by atoms with Crippen molar-refractivity contribution in [2.75, 3.05) is 13.2 Å². The van der Waals surface area contributed by atoms with E-state index in [1.807, 2.05) is 19.1 Å². The lowest BCUT2D eigenvalue weighted by molar-refractivity contribution is -0.00297. The quantitative estimate of drug-likeness (QED) is 0.847. The van der Waals surface area contributed by atoms with Crippen LogP contribution in [-0.2, 0) is 11.2 Å². The molecule has 1 aliphatic rings. The lowest BCUT2D eigenvalue weighted by Gasteiger charge is -2.32. The van der Waals surface area contributed by atoms with Gasteiger partial charge in [0.2, 0.25) is 0 Å². The van der Waals surface area contributed by atoms with Gasteiger partial charge in [-0.1, -0.05) is 17.8 Å². The Balaban J connectivity index is 1.67. The number of amides is 1. The van der Waals surface area contributed by atoms with E-state index in [-0.39, 0.29) is 18.1 Å². The molecule has 8 heteroatoms. The molecule has 2 atom stereocenters. The number of rotatable bonds is 6. The van der Waals surface area contributed by atoms with E-state index in [1.54, 1.807) is 6.20 Å². The molecule has 1 fully saturated rings. The molecule has 1 amide bonds. The Bertz CT molecular complexity index is 704. The summed E-state index contributed by atoms with van der Waals surface area (Å²) < 4.78 is 15.5. The Morgan fingerprint density at radius 2 is 2.36 bits per heavy atom. The number of aromatic nitrogens is 3. The summed E-state index contributed by atoms with van der Waals surface area (Å²) in [6.07, 6.45) is 3.93. The fourth-order valence-electron chi connectivity index (χ4n) is 2.71. The maximum atomic E-state index is 12.6. The Labute approximate surface area is 150 Å². The minimum Gasteiger partial charge on any atom is -0.486 e. The van der Waals surface area contributed by atoms with Crippen molar-refractivity contribution in [3.8, 4) is 5.75 Å². The molecule has 3 rings (SSSR count). The van der Waals surface area contributed by atoms with Crippen molar-refractivity contribution < 1.29 is 14.3 Å². The number of hydrogen-bond donors (Lipinski definition) is 1. The Morgan fingerprint density at radius 3 is 3.12 bits per heavy atom. The molecule has 25 heavy (non-hydrogen) atoms. The molecule has 1 aliphatic heterocycles. The third-order valence-electron chi connectivity index (χ3n) is 4.03. The summed E-state index contributed by atoms with van der Waals surface area (Å²) in [5, 5.41) is 7.07. The minimum atomic E-state index is -0.223. The molecular formula is C17H22N4O3S. The first-order chi connectivity index (χ1) is 12.2. The average Bonchev–Trinajstić information content (AvgIpc) is 3.07. The van der Waals surface area contributed by atoms with Crippen LogP contribution >= 0.6 is 11.5 Å². The fraction of sp³-hybridized carbons (Fsp3) is 0.529. The number of nitrogens with one attached hydrogen (secondary N) is 1. The topological polar surface area (TPSA) is 86.2 Å². The number of carbonyl (C=O) groups excluding carboxylic acids is 1. The van der Waals surface area contributed by atoms with Crippen LogP contribution in [0.2, 0.25) is 0 Å². The maximum Gasteiger partial charge on any atom is 0.265 e. The molecule has 0 radical (unpaired) electrons. The van der Waals surface area contributed by atoms with Gasteiger partial charge in [0.25, 0.3) is 5.91 Å². The molecule has 0 unspecified atom stereocenters. The number of ether oxygens (including phenoxy) is 2. The van der Waals surface area contributed by atoms with Crippen LogP contribution in [0.25, 0.3) is 0 Å². The Kier molecular flexibility index (Phi) is 5.93. The second-order valence-corrected chi connectivity index (χ2v) is 6.79. The van der Waals surface area contributed by atoms with Crippen molar-refractivity contribution >= 4 is 17.4 Å². The van der Waals surface area contributed by atoms with E-state index in [4.69, 9.17) is 9.47 Å². The van der Waals surface area contributed by atoms with Gasteiger partial charge in [0, 0.05) is 12.1 Å². The zero-order valence-electron chi connectivity index (χ0n) is 14.4. The van der Waals surface area contributed by atoms with Crippen LogP contribution in [-0.4, -0.2) is 45.8 Å². The molecule has 2 aromatic rings. The van der Waals surface area contributed by atoms with E-state index in [1.165, 1.54) is 0 Å². The first-order valence-corrected chi connectivity index (χ1v) is 9.24. The predicted octanol–water partition coefficient (Wildman–Crippen LogP) is 2.16. The fourth-order valence-corrected chi connectivity index (χ4v) is 3.32. The third kappa shape index (κ3) is 4.52. The van der Waals surface area contributed by atoms with E-state index in [0.29, 0.717) is 30.3 Å². The summed E-state index contributed by atoms with van der Waals surface area (Å²) in [6, 6.07) is 3.57. The second-order valence-electron chi connectivity index (χ2n) is 6.03. The number of pyridine rings is 1. The highest BCUT2D eigenvalue weighted by molar-refractivity contribution is 7.08. The van der Waals surface area contributed by atoms with Crippen LogP contribution in [0.1, 0.15) is 40.8 Å². The van der Waals surface area contributed by atoms with Gasteiger partial charge in [-0.15, -0.1) is 5.10 Å². The van der Waals surface area contributed by atoms with Crippen molar-refractivity contribution in [3.05, 3.63) is 34.6 Å². The summed E-state index contributed by atoms with van der Waals surface area (Å²) in [4.78, 5) is 17.4. The zero-order valence-corrected chi connectivity index (χ0v) is 15.2. The normalized spacial score (nSPS) is 20.2. The van der Waals surface area contributed by atoms with E-state index in [0.717, 1.165) is 35.8 Å². The summed E-state index contributed by atoms with van der Waals surface area (Å²) >= 11 is 1.13. The summed E-state index contributed by atoms with van der Waals surface area (Å²) in [5.74, 6) is 0.535. The Hall–Kier alpha value is -2.06. The second kappa shape index (κ2) is 8.35. The molecule has 1 saturated heterocycles. The molecule has 0 saturated carbocycles. The first kappa shape index (κ1) is 17.8. The van der Waals surface area contributed by atoms with E-state index in [9.17, 15) is 4.79 Å². The number of carbonyl (C=O) groups is 1. The van der Waals surface area contributed by atoms with Gasteiger partial charge in [-0.05, 0) is 37.0 Å². The van der Waals surface area contributed by atoms with Crippen molar-refractivity contribution in [1.29, 1.82) is 0 Å². The van der Waals surface area contributed by atoms with E-state index in [2.05, 4.69) is 26.8 Å². The highest BCUT2D eigenvalue weighted by Crippen LogP contribution is 2.19. The van der Waals surface area contributed by atoms with Crippen LogP contribution in [0.15, 0.2) is 18.3 Å². The van der Waals surface area contributed by atoms with Gasteiger partial charge in [0.15, 0.2) is 0 Å². The van der Waals surface area contributed by atoms with Crippen LogP contribution in [0, 0.1) is 6.92 Å². The van der Waals surface area contributed by atoms with Gasteiger partial charge >= 0.3 is 0 Å². The molecule has 2 aromatic heterocycles. The van der Waals surface area contributed by atoms with Crippen molar-refractivity contribution in [2.45, 2.75) is 45.3 Å². The van der Waals surface area contributed by atoms with Gasteiger partial charge < -0.3 is 14.8 Å². The summed E-state index contributed by atoms with van der Waals surface area (Å²) in [7, 11) is 0. The average molecular weight is 362 g/mol.